The predicted octanol–water partition coefficient (Wildman–Crippen LogP) is 3.10. The van der Waals surface area contributed by atoms with Crippen LogP contribution in [0.25, 0.3) is 0 Å². The molecule has 15 heavy (non-hydrogen) atoms. The Morgan fingerprint density at radius 3 is 2.40 bits per heavy atom. The smallest absolute Gasteiger partial charge is 0.272 e. The molecule has 0 aliphatic heterocycles. The number of rotatable bonds is 1. The highest BCUT2D eigenvalue weighted by atomic mass is 19.4. The van der Waals surface area contributed by atoms with Gasteiger partial charge in [0.2, 0.25) is 0 Å². The molecule has 0 amide bonds. The number of aryl methyl sites for hydroxylation is 1. The number of hydrogen-bond acceptors (Lipinski definition) is 1. The van der Waals surface area contributed by atoms with Crippen molar-refractivity contribution in [3.8, 4) is 0 Å². The fourth-order valence-corrected chi connectivity index (χ4v) is 2.22. The van der Waals surface area contributed by atoms with E-state index in [1.807, 2.05) is 0 Å². The second-order valence-corrected chi connectivity index (χ2v) is 4.06. The third kappa shape index (κ3) is 2.01. The Hall–Kier alpha value is -1.00. The minimum absolute atomic E-state index is 0.263. The summed E-state index contributed by atoms with van der Waals surface area (Å²) in [7, 11) is 1.59. The number of halogens is 3. The first kappa shape index (κ1) is 10.5. The molecule has 1 heterocycles. The molecule has 5 heteroatoms. The van der Waals surface area contributed by atoms with Crippen LogP contribution in [0.3, 0.4) is 0 Å². The highest BCUT2D eigenvalue weighted by molar-refractivity contribution is 5.17. The van der Waals surface area contributed by atoms with E-state index >= 15 is 0 Å². The number of hydrogen-bond donors (Lipinski definition) is 0. The molecule has 1 aromatic heterocycles. The quantitative estimate of drug-likeness (QED) is 0.708. The Morgan fingerprint density at radius 1 is 1.33 bits per heavy atom. The molecular formula is C10H13F3N2. The molecule has 0 radical (unpaired) electrons. The van der Waals surface area contributed by atoms with Crippen molar-refractivity contribution >= 4 is 0 Å². The summed E-state index contributed by atoms with van der Waals surface area (Å²) >= 11 is 0. The Labute approximate surface area is 86.1 Å². The summed E-state index contributed by atoms with van der Waals surface area (Å²) < 4.78 is 38.6. The maximum absolute atomic E-state index is 12.4. The van der Waals surface area contributed by atoms with Crippen molar-refractivity contribution in [2.24, 2.45) is 7.05 Å². The number of alkyl halides is 3. The van der Waals surface area contributed by atoms with Gasteiger partial charge in [0.25, 0.3) is 0 Å². The summed E-state index contributed by atoms with van der Waals surface area (Å²) in [6, 6.07) is 1.19. The highest BCUT2D eigenvalue weighted by Crippen LogP contribution is 2.36. The minimum Gasteiger partial charge on any atom is -0.272 e. The van der Waals surface area contributed by atoms with Gasteiger partial charge in [-0.2, -0.15) is 18.3 Å². The fourth-order valence-electron chi connectivity index (χ4n) is 2.22. The molecule has 1 fully saturated rings. The molecule has 1 aliphatic rings. The average Bonchev–Trinajstić information content (AvgIpc) is 2.69. The second-order valence-electron chi connectivity index (χ2n) is 4.06. The van der Waals surface area contributed by atoms with Gasteiger partial charge in [-0.3, -0.25) is 4.68 Å². The first-order chi connectivity index (χ1) is 6.98. The Bertz CT molecular complexity index is 348. The van der Waals surface area contributed by atoms with E-state index in [1.54, 1.807) is 7.05 Å². The highest BCUT2D eigenvalue weighted by Gasteiger charge is 2.35. The van der Waals surface area contributed by atoms with E-state index < -0.39 is 11.9 Å². The first-order valence-electron chi connectivity index (χ1n) is 5.09. The summed E-state index contributed by atoms with van der Waals surface area (Å²) in [5.74, 6) is 0.263. The third-order valence-corrected chi connectivity index (χ3v) is 2.98. The lowest BCUT2D eigenvalue weighted by Crippen LogP contribution is -2.06. The molecule has 0 saturated heterocycles. The lowest BCUT2D eigenvalue weighted by atomic mass is 10.0. The lowest BCUT2D eigenvalue weighted by molar-refractivity contribution is -0.141. The molecule has 1 aromatic rings. The molecular weight excluding hydrogens is 205 g/mol. The third-order valence-electron chi connectivity index (χ3n) is 2.98. The molecule has 2 nitrogen and oxygen atoms in total. The molecule has 84 valence electrons. The zero-order valence-electron chi connectivity index (χ0n) is 8.51. The zero-order valence-corrected chi connectivity index (χ0v) is 8.51. The fraction of sp³-hybridized carbons (Fsp3) is 0.700. The van der Waals surface area contributed by atoms with Gasteiger partial charge in [-0.25, -0.2) is 0 Å². The van der Waals surface area contributed by atoms with Gasteiger partial charge in [0.1, 0.15) is 0 Å². The Balaban J connectivity index is 2.29. The van der Waals surface area contributed by atoms with Crippen LogP contribution >= 0.6 is 0 Å². The zero-order chi connectivity index (χ0) is 11.1. The van der Waals surface area contributed by atoms with Crippen LogP contribution in [0.15, 0.2) is 6.07 Å². The SMILES string of the molecule is Cn1nc(C(F)(F)F)cc1C1CCCC1. The van der Waals surface area contributed by atoms with E-state index in [2.05, 4.69) is 5.10 Å². The topological polar surface area (TPSA) is 17.8 Å². The van der Waals surface area contributed by atoms with Crippen LogP contribution in [0.2, 0.25) is 0 Å². The van der Waals surface area contributed by atoms with E-state index in [-0.39, 0.29) is 5.92 Å². The molecule has 0 N–H and O–H groups in total. The van der Waals surface area contributed by atoms with E-state index in [9.17, 15) is 13.2 Å². The summed E-state index contributed by atoms with van der Waals surface area (Å²) in [6.07, 6.45) is -0.142. The van der Waals surface area contributed by atoms with E-state index in [1.165, 1.54) is 10.7 Å². The standard InChI is InChI=1S/C10H13F3N2/c1-15-8(7-4-2-3-5-7)6-9(14-15)10(11,12)13/h6-7H,2-5H2,1H3. The van der Waals surface area contributed by atoms with Crippen LogP contribution in [-0.4, -0.2) is 9.78 Å². The van der Waals surface area contributed by atoms with Gasteiger partial charge in [-0.15, -0.1) is 0 Å². The van der Waals surface area contributed by atoms with Crippen LogP contribution in [0.1, 0.15) is 43.0 Å². The first-order valence-corrected chi connectivity index (χ1v) is 5.09. The lowest BCUT2D eigenvalue weighted by Gasteiger charge is -2.07. The van der Waals surface area contributed by atoms with Crippen molar-refractivity contribution < 1.29 is 13.2 Å². The Morgan fingerprint density at radius 2 is 1.93 bits per heavy atom. The maximum Gasteiger partial charge on any atom is 0.435 e. The predicted molar refractivity (Wildman–Crippen MR) is 49.4 cm³/mol. The molecule has 0 unspecified atom stereocenters. The number of aromatic nitrogens is 2. The van der Waals surface area contributed by atoms with Crippen molar-refractivity contribution in [1.29, 1.82) is 0 Å². The van der Waals surface area contributed by atoms with E-state index in [4.69, 9.17) is 0 Å². The molecule has 0 aromatic carbocycles. The van der Waals surface area contributed by atoms with Crippen molar-refractivity contribution in [2.75, 3.05) is 0 Å². The molecule has 0 bridgehead atoms. The summed E-state index contributed by atoms with van der Waals surface area (Å²) in [6.45, 7) is 0. The van der Waals surface area contributed by atoms with Crippen LogP contribution in [-0.2, 0) is 13.2 Å². The number of nitrogens with zero attached hydrogens (tertiary/aromatic N) is 2. The molecule has 0 atom stereocenters. The summed E-state index contributed by atoms with van der Waals surface area (Å²) in [5.41, 5.74) is -0.0493. The largest absolute Gasteiger partial charge is 0.435 e. The van der Waals surface area contributed by atoms with Crippen LogP contribution in [0, 0.1) is 0 Å². The minimum atomic E-state index is -4.32. The molecule has 2 rings (SSSR count). The van der Waals surface area contributed by atoms with Crippen molar-refractivity contribution in [1.82, 2.24) is 9.78 Å². The normalized spacial score (nSPS) is 18.7. The second kappa shape index (κ2) is 3.54. The van der Waals surface area contributed by atoms with E-state index in [0.717, 1.165) is 31.4 Å². The molecule has 1 saturated carbocycles. The Kier molecular flexibility index (Phi) is 2.48. The van der Waals surface area contributed by atoms with Gasteiger partial charge >= 0.3 is 6.18 Å². The maximum atomic E-state index is 12.4. The summed E-state index contributed by atoms with van der Waals surface area (Å²) in [4.78, 5) is 0. The summed E-state index contributed by atoms with van der Waals surface area (Å²) in [5, 5.41) is 3.52. The van der Waals surface area contributed by atoms with Gasteiger partial charge in [-0.05, 0) is 18.9 Å². The average molecular weight is 218 g/mol. The van der Waals surface area contributed by atoms with Gasteiger partial charge in [-0.1, -0.05) is 12.8 Å². The van der Waals surface area contributed by atoms with Crippen LogP contribution in [0.4, 0.5) is 13.2 Å². The van der Waals surface area contributed by atoms with Crippen molar-refractivity contribution in [2.45, 2.75) is 37.8 Å². The van der Waals surface area contributed by atoms with Crippen molar-refractivity contribution in [3.63, 3.8) is 0 Å². The van der Waals surface area contributed by atoms with Crippen molar-refractivity contribution in [3.05, 3.63) is 17.5 Å². The monoisotopic (exact) mass is 218 g/mol. The van der Waals surface area contributed by atoms with Gasteiger partial charge < -0.3 is 0 Å². The molecule has 1 aliphatic carbocycles. The van der Waals surface area contributed by atoms with Gasteiger partial charge in [0.15, 0.2) is 5.69 Å². The molecule has 0 spiro atoms. The van der Waals surface area contributed by atoms with E-state index in [0.29, 0.717) is 0 Å². The van der Waals surface area contributed by atoms with Crippen LogP contribution < -0.4 is 0 Å². The van der Waals surface area contributed by atoms with Gasteiger partial charge in [0, 0.05) is 18.7 Å². The van der Waals surface area contributed by atoms with Gasteiger partial charge in [0.05, 0.1) is 0 Å². The van der Waals surface area contributed by atoms with Crippen LogP contribution in [0.5, 0.6) is 0 Å².